The zero-order valence-corrected chi connectivity index (χ0v) is 8.56. The van der Waals surface area contributed by atoms with Gasteiger partial charge in [-0.3, -0.25) is 4.79 Å². The first-order valence-electron chi connectivity index (χ1n) is 4.33. The van der Waals surface area contributed by atoms with E-state index in [4.69, 9.17) is 0 Å². The number of allylic oxidation sites excluding steroid dienone is 1. The van der Waals surface area contributed by atoms with E-state index >= 15 is 0 Å². The predicted molar refractivity (Wildman–Crippen MR) is 49.6 cm³/mol. The Morgan fingerprint density at radius 3 is 2.00 bits per heavy atom. The number of rotatable bonds is 0. The molecule has 0 bridgehead atoms. The third-order valence-corrected chi connectivity index (χ3v) is 2.09. The third kappa shape index (κ3) is 1.38. The molecule has 0 spiro atoms. The zero-order chi connectivity index (χ0) is 9.52. The number of hydrogen-bond donors (Lipinski definition) is 0. The molecule has 1 aliphatic heterocycles. The molecule has 68 valence electrons. The topological polar surface area (TPSA) is 20.3 Å². The molecule has 0 unspecified atom stereocenters. The summed E-state index contributed by atoms with van der Waals surface area (Å²) in [5.74, 6) is 0.249. The Morgan fingerprint density at radius 1 is 1.33 bits per heavy atom. The maximum atomic E-state index is 11.3. The summed E-state index contributed by atoms with van der Waals surface area (Å²) in [6.07, 6.45) is 0.625. The molecule has 2 nitrogen and oxygen atoms in total. The smallest absolute Gasteiger partial charge is 0.233 e. The summed E-state index contributed by atoms with van der Waals surface area (Å²) in [6.45, 7) is 10.3. The monoisotopic (exact) mass is 167 g/mol. The van der Waals surface area contributed by atoms with Gasteiger partial charge in [-0.25, -0.2) is 0 Å². The van der Waals surface area contributed by atoms with Gasteiger partial charge in [0.1, 0.15) is 0 Å². The molecule has 1 aliphatic rings. The average Bonchev–Trinajstić information content (AvgIpc) is 1.77. The van der Waals surface area contributed by atoms with Crippen LogP contribution in [0.4, 0.5) is 0 Å². The lowest BCUT2D eigenvalue weighted by Crippen LogP contribution is -2.52. The Bertz CT molecular complexity index is 241. The fourth-order valence-electron chi connectivity index (χ4n) is 1.54. The Hall–Kier alpha value is -0.790. The zero-order valence-electron chi connectivity index (χ0n) is 8.56. The van der Waals surface area contributed by atoms with E-state index in [1.54, 1.807) is 0 Å². The Labute approximate surface area is 74.2 Å². The summed E-state index contributed by atoms with van der Waals surface area (Å²) in [6, 6.07) is 0. The number of carbonyl (C=O) groups is 1. The van der Waals surface area contributed by atoms with Gasteiger partial charge in [0, 0.05) is 11.2 Å². The van der Waals surface area contributed by atoms with Crippen molar-refractivity contribution in [3.63, 3.8) is 0 Å². The van der Waals surface area contributed by atoms with Gasteiger partial charge in [0.05, 0.1) is 6.42 Å². The van der Waals surface area contributed by atoms with Crippen LogP contribution in [0.5, 0.6) is 0 Å². The van der Waals surface area contributed by atoms with Crippen LogP contribution in [0.25, 0.3) is 0 Å². The highest BCUT2D eigenvalue weighted by atomic mass is 16.2. The fraction of sp³-hybridized carbons (Fsp3) is 0.700. The largest absolute Gasteiger partial charge is 0.310 e. The lowest BCUT2D eigenvalue weighted by molar-refractivity contribution is -0.140. The normalized spacial score (nSPS) is 17.9. The summed E-state index contributed by atoms with van der Waals surface area (Å²) in [5.41, 5.74) is 2.40. The standard InChI is InChI=1S/C10H17NO/c1-7(2)8-6-9(12)11(8)10(3,4)5/h6H2,1-5H3. The summed E-state index contributed by atoms with van der Waals surface area (Å²) in [4.78, 5) is 13.2. The van der Waals surface area contributed by atoms with Crippen molar-refractivity contribution in [3.05, 3.63) is 11.3 Å². The molecule has 0 N–H and O–H groups in total. The van der Waals surface area contributed by atoms with Crippen LogP contribution in [0.15, 0.2) is 11.3 Å². The molecule has 2 heteroatoms. The van der Waals surface area contributed by atoms with Crippen molar-refractivity contribution in [2.45, 2.75) is 46.6 Å². The van der Waals surface area contributed by atoms with E-state index in [9.17, 15) is 4.79 Å². The van der Waals surface area contributed by atoms with E-state index in [0.717, 1.165) is 0 Å². The Morgan fingerprint density at radius 2 is 1.83 bits per heavy atom. The van der Waals surface area contributed by atoms with Crippen LogP contribution in [0.2, 0.25) is 0 Å². The number of amides is 1. The summed E-state index contributed by atoms with van der Waals surface area (Å²) < 4.78 is 0. The van der Waals surface area contributed by atoms with Gasteiger partial charge >= 0.3 is 0 Å². The second kappa shape index (κ2) is 2.61. The minimum absolute atomic E-state index is 0.0536. The second-order valence-electron chi connectivity index (χ2n) is 4.52. The van der Waals surface area contributed by atoms with E-state index in [1.165, 1.54) is 11.3 Å². The van der Waals surface area contributed by atoms with Crippen LogP contribution in [0.1, 0.15) is 41.0 Å². The number of carbonyl (C=O) groups excluding carboxylic acids is 1. The highest BCUT2D eigenvalue weighted by molar-refractivity contribution is 5.89. The molecule has 1 rings (SSSR count). The van der Waals surface area contributed by atoms with Crippen molar-refractivity contribution in [1.82, 2.24) is 4.90 Å². The molecule has 0 aliphatic carbocycles. The van der Waals surface area contributed by atoms with Crippen LogP contribution < -0.4 is 0 Å². The fourth-order valence-corrected chi connectivity index (χ4v) is 1.54. The van der Waals surface area contributed by atoms with Gasteiger partial charge < -0.3 is 4.90 Å². The molecule has 1 fully saturated rings. The van der Waals surface area contributed by atoms with Crippen LogP contribution in [-0.2, 0) is 4.79 Å². The van der Waals surface area contributed by atoms with Crippen molar-refractivity contribution in [1.29, 1.82) is 0 Å². The number of likely N-dealkylation sites (tertiary alicyclic amines) is 1. The number of nitrogens with zero attached hydrogens (tertiary/aromatic N) is 1. The second-order valence-corrected chi connectivity index (χ2v) is 4.52. The summed E-state index contributed by atoms with van der Waals surface area (Å²) >= 11 is 0. The SMILES string of the molecule is CC(C)=C1CC(=O)N1C(C)(C)C. The lowest BCUT2D eigenvalue weighted by atomic mass is 9.94. The van der Waals surface area contributed by atoms with Crippen LogP contribution in [0.3, 0.4) is 0 Å². The number of hydrogen-bond acceptors (Lipinski definition) is 1. The molecule has 12 heavy (non-hydrogen) atoms. The maximum absolute atomic E-state index is 11.3. The highest BCUT2D eigenvalue weighted by Gasteiger charge is 2.38. The molecule has 0 aromatic heterocycles. The van der Waals surface area contributed by atoms with Gasteiger partial charge in [0.25, 0.3) is 0 Å². The van der Waals surface area contributed by atoms with Gasteiger partial charge in [-0.1, -0.05) is 5.57 Å². The quantitative estimate of drug-likeness (QED) is 0.507. The summed E-state index contributed by atoms with van der Waals surface area (Å²) in [7, 11) is 0. The van der Waals surface area contributed by atoms with E-state index in [2.05, 4.69) is 34.6 Å². The highest BCUT2D eigenvalue weighted by Crippen LogP contribution is 2.33. The predicted octanol–water partition coefficient (Wildman–Crippen LogP) is 2.31. The van der Waals surface area contributed by atoms with E-state index in [0.29, 0.717) is 6.42 Å². The van der Waals surface area contributed by atoms with Crippen molar-refractivity contribution < 1.29 is 4.79 Å². The molecule has 0 saturated carbocycles. The first-order valence-corrected chi connectivity index (χ1v) is 4.33. The van der Waals surface area contributed by atoms with Gasteiger partial charge in [-0.05, 0) is 34.6 Å². The van der Waals surface area contributed by atoms with Gasteiger partial charge in [-0.15, -0.1) is 0 Å². The third-order valence-electron chi connectivity index (χ3n) is 2.09. The van der Waals surface area contributed by atoms with Crippen molar-refractivity contribution in [3.8, 4) is 0 Å². The molecule has 1 amide bonds. The first kappa shape index (κ1) is 9.30. The van der Waals surface area contributed by atoms with Crippen LogP contribution >= 0.6 is 0 Å². The van der Waals surface area contributed by atoms with Gasteiger partial charge in [-0.2, -0.15) is 0 Å². The maximum Gasteiger partial charge on any atom is 0.233 e. The van der Waals surface area contributed by atoms with Crippen molar-refractivity contribution in [2.24, 2.45) is 0 Å². The molecular formula is C10H17NO. The van der Waals surface area contributed by atoms with Crippen LogP contribution in [0, 0.1) is 0 Å². The molecule has 0 radical (unpaired) electrons. The summed E-state index contributed by atoms with van der Waals surface area (Å²) in [5, 5.41) is 0. The molecule has 1 heterocycles. The van der Waals surface area contributed by atoms with E-state index in [-0.39, 0.29) is 11.4 Å². The van der Waals surface area contributed by atoms with E-state index < -0.39 is 0 Å². The Balaban J connectivity index is 2.91. The minimum Gasteiger partial charge on any atom is -0.310 e. The molecule has 0 aromatic rings. The average molecular weight is 167 g/mol. The molecule has 1 saturated heterocycles. The molecule has 0 atom stereocenters. The van der Waals surface area contributed by atoms with Crippen LogP contribution in [-0.4, -0.2) is 16.3 Å². The van der Waals surface area contributed by atoms with Crippen molar-refractivity contribution >= 4 is 5.91 Å². The van der Waals surface area contributed by atoms with Gasteiger partial charge in [0.15, 0.2) is 0 Å². The molecule has 0 aromatic carbocycles. The first-order chi connectivity index (χ1) is 5.34. The minimum atomic E-state index is -0.0536. The lowest BCUT2D eigenvalue weighted by Gasteiger charge is -2.45. The van der Waals surface area contributed by atoms with Crippen molar-refractivity contribution in [2.75, 3.05) is 0 Å². The Kier molecular flexibility index (Phi) is 2.02. The molecular weight excluding hydrogens is 150 g/mol. The number of β-lactam (4-membered cyclic amide) rings is 1. The van der Waals surface area contributed by atoms with E-state index in [1.807, 2.05) is 4.90 Å². The van der Waals surface area contributed by atoms with Gasteiger partial charge in [0.2, 0.25) is 5.91 Å².